The first-order valence-corrected chi connectivity index (χ1v) is 10.7. The van der Waals surface area contributed by atoms with Crippen LogP contribution in [-0.2, 0) is 0 Å². The van der Waals surface area contributed by atoms with E-state index in [-0.39, 0.29) is 10.6 Å². The fourth-order valence-electron chi connectivity index (χ4n) is 4.00. The fourth-order valence-corrected chi connectivity index (χ4v) is 4.16. The Kier molecular flexibility index (Phi) is 5.33. The van der Waals surface area contributed by atoms with Crippen molar-refractivity contribution in [2.75, 3.05) is 36.0 Å². The summed E-state index contributed by atoms with van der Waals surface area (Å²) < 4.78 is 0. The van der Waals surface area contributed by atoms with Crippen LogP contribution in [0.1, 0.15) is 0 Å². The Hall–Kier alpha value is -3.71. The van der Waals surface area contributed by atoms with Gasteiger partial charge in [0.25, 0.3) is 5.69 Å². The van der Waals surface area contributed by atoms with E-state index >= 15 is 0 Å². The largest absolute Gasteiger partial charge is 0.368 e. The molecule has 1 aromatic heterocycles. The van der Waals surface area contributed by atoms with Gasteiger partial charge >= 0.3 is 0 Å². The number of anilines is 2. The summed E-state index contributed by atoms with van der Waals surface area (Å²) in [6, 6.07) is 22.5. The lowest BCUT2D eigenvalue weighted by molar-refractivity contribution is -0.384. The molecule has 4 aromatic rings. The minimum atomic E-state index is -0.380. The van der Waals surface area contributed by atoms with Crippen LogP contribution >= 0.6 is 11.6 Å². The maximum Gasteiger partial charge on any atom is 0.269 e. The van der Waals surface area contributed by atoms with Crippen LogP contribution in [0.2, 0.25) is 5.02 Å². The van der Waals surface area contributed by atoms with E-state index in [2.05, 4.69) is 9.80 Å². The molecule has 0 amide bonds. The zero-order valence-electron chi connectivity index (χ0n) is 17.2. The average molecular weight is 446 g/mol. The third-order valence-corrected chi connectivity index (χ3v) is 5.92. The number of rotatable bonds is 4. The van der Waals surface area contributed by atoms with Crippen LogP contribution in [0.5, 0.6) is 0 Å². The number of piperazine rings is 1. The van der Waals surface area contributed by atoms with Crippen LogP contribution < -0.4 is 9.80 Å². The summed E-state index contributed by atoms with van der Waals surface area (Å²) in [6.45, 7) is 3.04. The maximum atomic E-state index is 10.9. The lowest BCUT2D eigenvalue weighted by atomic mass is 10.1. The second kappa shape index (κ2) is 8.43. The third-order valence-electron chi connectivity index (χ3n) is 5.68. The molecule has 1 aliphatic rings. The Labute approximate surface area is 190 Å². The predicted octanol–water partition coefficient (Wildman–Crippen LogP) is 5.19. The van der Waals surface area contributed by atoms with E-state index in [0.717, 1.165) is 54.0 Å². The molecular formula is C24H20ClN5O2. The standard InChI is InChI=1S/C24H20ClN5O2/c25-18-6-11-21-22(16-18)26-24(27-23(21)17-4-2-1-3-5-17)29-14-12-28(13-15-29)19-7-9-20(10-8-19)30(31)32/h1-11,16H,12-15H2. The monoisotopic (exact) mass is 445 g/mol. The highest BCUT2D eigenvalue weighted by Crippen LogP contribution is 2.30. The summed E-state index contributed by atoms with van der Waals surface area (Å²) in [5.41, 5.74) is 3.82. The molecular weight excluding hydrogens is 426 g/mol. The molecule has 2 heterocycles. The number of non-ortho nitro benzene ring substituents is 1. The first-order valence-electron chi connectivity index (χ1n) is 10.4. The Morgan fingerprint density at radius 1 is 0.844 bits per heavy atom. The highest BCUT2D eigenvalue weighted by Gasteiger charge is 2.21. The molecule has 0 aliphatic carbocycles. The van der Waals surface area contributed by atoms with Crippen molar-refractivity contribution in [3.63, 3.8) is 0 Å². The quantitative estimate of drug-likeness (QED) is 0.318. The molecule has 1 fully saturated rings. The number of nitro groups is 1. The minimum Gasteiger partial charge on any atom is -0.368 e. The Balaban J connectivity index is 1.42. The summed E-state index contributed by atoms with van der Waals surface area (Å²) in [4.78, 5) is 24.7. The molecule has 0 spiro atoms. The highest BCUT2D eigenvalue weighted by molar-refractivity contribution is 6.31. The van der Waals surface area contributed by atoms with E-state index in [0.29, 0.717) is 11.0 Å². The molecule has 32 heavy (non-hydrogen) atoms. The summed E-state index contributed by atoms with van der Waals surface area (Å²) in [5, 5.41) is 12.5. The maximum absolute atomic E-state index is 10.9. The SMILES string of the molecule is O=[N+]([O-])c1ccc(N2CCN(c3nc(-c4ccccc4)c4ccc(Cl)cc4n3)CC2)cc1. The number of nitrogens with zero attached hydrogens (tertiary/aromatic N) is 5. The molecule has 0 bridgehead atoms. The lowest BCUT2D eigenvalue weighted by Gasteiger charge is -2.36. The molecule has 0 radical (unpaired) electrons. The van der Waals surface area contributed by atoms with Gasteiger partial charge in [-0.2, -0.15) is 0 Å². The smallest absolute Gasteiger partial charge is 0.269 e. The van der Waals surface area contributed by atoms with Gasteiger partial charge in [0, 0.05) is 60.0 Å². The van der Waals surface area contributed by atoms with Crippen molar-refractivity contribution < 1.29 is 4.92 Å². The van der Waals surface area contributed by atoms with Crippen molar-refractivity contribution in [2.45, 2.75) is 0 Å². The molecule has 0 N–H and O–H groups in total. The van der Waals surface area contributed by atoms with Gasteiger partial charge in [0.05, 0.1) is 16.1 Å². The van der Waals surface area contributed by atoms with E-state index in [1.54, 1.807) is 24.3 Å². The van der Waals surface area contributed by atoms with Gasteiger partial charge in [-0.3, -0.25) is 10.1 Å². The molecule has 1 saturated heterocycles. The van der Waals surface area contributed by atoms with Crippen molar-refractivity contribution in [2.24, 2.45) is 0 Å². The second-order valence-corrected chi connectivity index (χ2v) is 8.08. The van der Waals surface area contributed by atoms with Crippen LogP contribution in [0.15, 0.2) is 72.8 Å². The van der Waals surface area contributed by atoms with Gasteiger partial charge in [-0.25, -0.2) is 9.97 Å². The van der Waals surface area contributed by atoms with Crippen LogP contribution in [-0.4, -0.2) is 41.1 Å². The van der Waals surface area contributed by atoms with Crippen LogP contribution in [0.4, 0.5) is 17.3 Å². The van der Waals surface area contributed by atoms with E-state index in [1.165, 1.54) is 0 Å². The van der Waals surface area contributed by atoms with Gasteiger partial charge < -0.3 is 9.80 Å². The van der Waals surface area contributed by atoms with E-state index in [9.17, 15) is 10.1 Å². The molecule has 0 saturated carbocycles. The van der Waals surface area contributed by atoms with Gasteiger partial charge in [0.2, 0.25) is 5.95 Å². The van der Waals surface area contributed by atoms with Crippen LogP contribution in [0.25, 0.3) is 22.2 Å². The number of hydrogen-bond acceptors (Lipinski definition) is 6. The number of hydrogen-bond donors (Lipinski definition) is 0. The van der Waals surface area contributed by atoms with Crippen LogP contribution in [0.3, 0.4) is 0 Å². The first-order chi connectivity index (χ1) is 15.6. The summed E-state index contributed by atoms with van der Waals surface area (Å²) in [5.74, 6) is 0.682. The molecule has 1 aliphatic heterocycles. The lowest BCUT2D eigenvalue weighted by Crippen LogP contribution is -2.47. The van der Waals surface area contributed by atoms with Crippen LogP contribution in [0, 0.1) is 10.1 Å². The van der Waals surface area contributed by atoms with E-state index in [4.69, 9.17) is 21.6 Å². The van der Waals surface area contributed by atoms with Gasteiger partial charge in [-0.05, 0) is 30.3 Å². The number of benzene rings is 3. The topological polar surface area (TPSA) is 75.4 Å². The van der Waals surface area contributed by atoms with Gasteiger partial charge in [-0.1, -0.05) is 41.9 Å². The van der Waals surface area contributed by atoms with Crippen molar-refractivity contribution in [1.82, 2.24) is 9.97 Å². The Morgan fingerprint density at radius 3 is 2.22 bits per heavy atom. The summed E-state index contributed by atoms with van der Waals surface area (Å²) >= 11 is 6.25. The highest BCUT2D eigenvalue weighted by atomic mass is 35.5. The normalized spacial score (nSPS) is 14.0. The predicted molar refractivity (Wildman–Crippen MR) is 128 cm³/mol. The molecule has 160 valence electrons. The number of nitro benzene ring substituents is 1. The third kappa shape index (κ3) is 3.94. The first kappa shape index (κ1) is 20.2. The van der Waals surface area contributed by atoms with E-state index in [1.807, 2.05) is 48.5 Å². The number of aromatic nitrogens is 2. The zero-order chi connectivity index (χ0) is 22.1. The van der Waals surface area contributed by atoms with Gasteiger partial charge in [0.15, 0.2) is 0 Å². The molecule has 0 atom stereocenters. The van der Waals surface area contributed by atoms with Gasteiger partial charge in [0.1, 0.15) is 0 Å². The zero-order valence-corrected chi connectivity index (χ0v) is 17.9. The fraction of sp³-hybridized carbons (Fsp3) is 0.167. The molecule has 5 rings (SSSR count). The number of halogens is 1. The van der Waals surface area contributed by atoms with E-state index < -0.39 is 0 Å². The van der Waals surface area contributed by atoms with Crippen molar-refractivity contribution >= 4 is 39.8 Å². The Bertz CT molecular complexity index is 1270. The molecule has 7 nitrogen and oxygen atoms in total. The van der Waals surface area contributed by atoms with Crippen molar-refractivity contribution in [3.8, 4) is 11.3 Å². The Morgan fingerprint density at radius 2 is 1.53 bits per heavy atom. The molecule has 3 aromatic carbocycles. The summed E-state index contributed by atoms with van der Waals surface area (Å²) in [6.07, 6.45) is 0. The average Bonchev–Trinajstić information content (AvgIpc) is 2.84. The van der Waals surface area contributed by atoms with Crippen molar-refractivity contribution in [3.05, 3.63) is 87.9 Å². The number of fused-ring (bicyclic) bond motifs is 1. The molecule has 0 unspecified atom stereocenters. The van der Waals surface area contributed by atoms with Gasteiger partial charge in [-0.15, -0.1) is 0 Å². The molecule has 8 heteroatoms. The summed E-state index contributed by atoms with van der Waals surface area (Å²) in [7, 11) is 0. The van der Waals surface area contributed by atoms with Crippen molar-refractivity contribution in [1.29, 1.82) is 0 Å². The minimum absolute atomic E-state index is 0.101. The second-order valence-electron chi connectivity index (χ2n) is 7.65.